The van der Waals surface area contributed by atoms with E-state index in [2.05, 4.69) is 4.98 Å². The molecule has 1 aliphatic rings. The number of aromatic nitrogens is 1. The van der Waals surface area contributed by atoms with Crippen LogP contribution in [0.1, 0.15) is 35.5 Å². The maximum absolute atomic E-state index is 14.0. The normalized spacial score (nSPS) is 15.6. The van der Waals surface area contributed by atoms with Gasteiger partial charge in [0.05, 0.1) is 0 Å². The Morgan fingerprint density at radius 2 is 2.00 bits per heavy atom. The van der Waals surface area contributed by atoms with E-state index in [1.165, 1.54) is 12.1 Å². The summed E-state index contributed by atoms with van der Waals surface area (Å²) < 4.78 is 36.6. The molecule has 4 nitrogen and oxygen atoms in total. The molecule has 2 N–H and O–H groups in total. The van der Waals surface area contributed by atoms with Crippen molar-refractivity contribution in [1.82, 2.24) is 4.98 Å². The van der Waals surface area contributed by atoms with Crippen LogP contribution in [0, 0.1) is 12.7 Å². The Labute approximate surface area is 132 Å². The second-order valence-electron chi connectivity index (χ2n) is 5.29. The van der Waals surface area contributed by atoms with Crippen molar-refractivity contribution < 1.29 is 12.8 Å². The summed E-state index contributed by atoms with van der Waals surface area (Å²) in [6, 6.07) is 4.10. The number of aryl methyl sites for hydroxylation is 1. The molecule has 2 aromatic rings. The Bertz CT molecular complexity index is 869. The van der Waals surface area contributed by atoms with Gasteiger partial charge in [0.25, 0.3) is 0 Å². The lowest BCUT2D eigenvalue weighted by molar-refractivity contribution is 0.568. The minimum absolute atomic E-state index is 0.471. The molecule has 0 atom stereocenters. The van der Waals surface area contributed by atoms with Crippen LogP contribution in [0.3, 0.4) is 0 Å². The lowest BCUT2D eigenvalue weighted by atomic mass is 10.0. The van der Waals surface area contributed by atoms with Crippen molar-refractivity contribution in [3.63, 3.8) is 0 Å². The summed E-state index contributed by atoms with van der Waals surface area (Å²) in [6.07, 6.45) is 2.73. The van der Waals surface area contributed by atoms with E-state index in [9.17, 15) is 12.8 Å². The van der Waals surface area contributed by atoms with E-state index in [1.54, 1.807) is 17.4 Å². The van der Waals surface area contributed by atoms with Crippen molar-refractivity contribution in [2.75, 3.05) is 0 Å². The number of hydrogen-bond acceptors (Lipinski definition) is 4. The molecule has 0 radical (unpaired) electrons. The van der Waals surface area contributed by atoms with E-state index in [0.29, 0.717) is 5.56 Å². The monoisotopic (exact) mass is 338 g/mol. The molecule has 116 valence electrons. The standard InChI is InChI=1S/C15H15FN2O2S2/c1-9-8-21-15(18-9)12-4-2-3-11(12)10-5-6-14(13(16)7-10)22(17,19)20/h5-8H,2-4H2,1H3,(H2,17,19,20). The van der Waals surface area contributed by atoms with Crippen molar-refractivity contribution in [2.45, 2.75) is 31.1 Å². The van der Waals surface area contributed by atoms with Crippen LogP contribution in [0.15, 0.2) is 28.5 Å². The van der Waals surface area contributed by atoms with E-state index in [1.807, 2.05) is 12.3 Å². The van der Waals surface area contributed by atoms with Gasteiger partial charge in [-0.05, 0) is 55.0 Å². The summed E-state index contributed by atoms with van der Waals surface area (Å²) in [5.74, 6) is -0.811. The zero-order valence-corrected chi connectivity index (χ0v) is 13.6. The predicted molar refractivity (Wildman–Crippen MR) is 85.3 cm³/mol. The number of nitrogens with two attached hydrogens (primary N) is 1. The van der Waals surface area contributed by atoms with Gasteiger partial charge in [-0.2, -0.15) is 0 Å². The Kier molecular flexibility index (Phi) is 3.88. The Balaban J connectivity index is 2.08. The second-order valence-corrected chi connectivity index (χ2v) is 7.68. The quantitative estimate of drug-likeness (QED) is 0.933. The molecule has 22 heavy (non-hydrogen) atoms. The van der Waals surface area contributed by atoms with Crippen molar-refractivity contribution in [3.8, 4) is 0 Å². The van der Waals surface area contributed by atoms with Gasteiger partial charge in [0.2, 0.25) is 10.0 Å². The molecule has 1 aromatic heterocycles. The van der Waals surface area contributed by atoms with Gasteiger partial charge in [-0.25, -0.2) is 22.9 Å². The Hall–Kier alpha value is -1.57. The summed E-state index contributed by atoms with van der Waals surface area (Å²) in [4.78, 5) is 4.03. The summed E-state index contributed by atoms with van der Waals surface area (Å²) in [6.45, 7) is 1.94. The molecule has 1 aromatic carbocycles. The second kappa shape index (κ2) is 5.57. The molecule has 0 bridgehead atoms. The minimum atomic E-state index is -4.04. The number of sulfonamides is 1. The smallest absolute Gasteiger partial charge is 0.240 e. The Morgan fingerprint density at radius 1 is 1.27 bits per heavy atom. The number of halogens is 1. The molecular formula is C15H15FN2O2S2. The van der Waals surface area contributed by atoms with Crippen LogP contribution in [0.4, 0.5) is 4.39 Å². The van der Waals surface area contributed by atoms with E-state index in [-0.39, 0.29) is 0 Å². The van der Waals surface area contributed by atoms with Crippen molar-refractivity contribution in [2.24, 2.45) is 5.14 Å². The highest BCUT2D eigenvalue weighted by atomic mass is 32.2. The summed E-state index contributed by atoms with van der Waals surface area (Å²) in [5.41, 5.74) is 3.83. The summed E-state index contributed by atoms with van der Waals surface area (Å²) in [7, 11) is -4.04. The van der Waals surface area contributed by atoms with Gasteiger partial charge >= 0.3 is 0 Å². The first-order chi connectivity index (χ1) is 10.4. The predicted octanol–water partition coefficient (Wildman–Crippen LogP) is 3.33. The van der Waals surface area contributed by atoms with Gasteiger partial charge in [0.15, 0.2) is 0 Å². The van der Waals surface area contributed by atoms with Gasteiger partial charge < -0.3 is 0 Å². The van der Waals surface area contributed by atoms with Gasteiger partial charge in [-0.1, -0.05) is 6.07 Å². The van der Waals surface area contributed by atoms with Crippen LogP contribution < -0.4 is 5.14 Å². The largest absolute Gasteiger partial charge is 0.242 e. The van der Waals surface area contributed by atoms with Gasteiger partial charge in [0.1, 0.15) is 15.7 Å². The van der Waals surface area contributed by atoms with Crippen molar-refractivity contribution >= 4 is 32.5 Å². The molecule has 0 saturated heterocycles. The molecule has 0 amide bonds. The van der Waals surface area contributed by atoms with E-state index in [0.717, 1.165) is 41.1 Å². The molecule has 1 heterocycles. The third-order valence-electron chi connectivity index (χ3n) is 3.68. The SMILES string of the molecule is Cc1csc(C2=C(c3ccc(S(N)(=O)=O)c(F)c3)CCC2)n1. The number of thiazole rings is 1. The van der Waals surface area contributed by atoms with Crippen LogP contribution >= 0.6 is 11.3 Å². The number of primary sulfonamides is 1. The first-order valence-corrected chi connectivity index (χ1v) is 9.26. The maximum Gasteiger partial charge on any atom is 0.240 e. The molecule has 0 fully saturated rings. The number of rotatable bonds is 3. The van der Waals surface area contributed by atoms with Gasteiger partial charge in [-0.3, -0.25) is 0 Å². The fourth-order valence-corrected chi connectivity index (χ4v) is 4.20. The Morgan fingerprint density at radius 3 is 2.59 bits per heavy atom. The molecule has 0 aliphatic heterocycles. The average molecular weight is 338 g/mol. The zero-order valence-electron chi connectivity index (χ0n) is 12.0. The lowest BCUT2D eigenvalue weighted by Crippen LogP contribution is -2.14. The minimum Gasteiger partial charge on any atom is -0.242 e. The molecular weight excluding hydrogens is 323 g/mol. The molecule has 0 saturated carbocycles. The van der Waals surface area contributed by atoms with Crippen LogP contribution in [0.25, 0.3) is 11.1 Å². The summed E-state index contributed by atoms with van der Waals surface area (Å²) >= 11 is 1.58. The molecule has 1 aliphatic carbocycles. The van der Waals surface area contributed by atoms with E-state index >= 15 is 0 Å². The molecule has 7 heteroatoms. The highest BCUT2D eigenvalue weighted by molar-refractivity contribution is 7.89. The van der Waals surface area contributed by atoms with Crippen molar-refractivity contribution in [1.29, 1.82) is 0 Å². The topological polar surface area (TPSA) is 73.1 Å². The third-order valence-corrected chi connectivity index (χ3v) is 5.65. The number of allylic oxidation sites excluding steroid dienone is 2. The van der Waals surface area contributed by atoms with Gasteiger partial charge in [-0.15, -0.1) is 11.3 Å². The van der Waals surface area contributed by atoms with Crippen LogP contribution in [0.2, 0.25) is 0 Å². The third kappa shape index (κ3) is 2.84. The highest BCUT2D eigenvalue weighted by Crippen LogP contribution is 2.41. The van der Waals surface area contributed by atoms with Crippen LogP contribution in [-0.2, 0) is 10.0 Å². The first-order valence-electron chi connectivity index (χ1n) is 6.83. The molecule has 3 rings (SSSR count). The number of benzene rings is 1. The van der Waals surface area contributed by atoms with E-state index < -0.39 is 20.7 Å². The first kappa shape index (κ1) is 15.3. The number of nitrogens with zero attached hydrogens (tertiary/aromatic N) is 1. The molecule has 0 spiro atoms. The van der Waals surface area contributed by atoms with E-state index in [4.69, 9.17) is 5.14 Å². The number of hydrogen-bond donors (Lipinski definition) is 1. The summed E-state index contributed by atoms with van der Waals surface area (Å²) in [5, 5.41) is 7.94. The van der Waals surface area contributed by atoms with Crippen LogP contribution in [-0.4, -0.2) is 13.4 Å². The fraction of sp³-hybridized carbons (Fsp3) is 0.267. The fourth-order valence-electron chi connectivity index (χ4n) is 2.71. The zero-order chi connectivity index (χ0) is 15.9. The lowest BCUT2D eigenvalue weighted by Gasteiger charge is -2.08. The van der Waals surface area contributed by atoms with Gasteiger partial charge in [0, 0.05) is 11.1 Å². The average Bonchev–Trinajstić information content (AvgIpc) is 3.05. The molecule has 0 unspecified atom stereocenters. The van der Waals surface area contributed by atoms with Crippen LogP contribution in [0.5, 0.6) is 0 Å². The maximum atomic E-state index is 14.0. The highest BCUT2D eigenvalue weighted by Gasteiger charge is 2.22. The van der Waals surface area contributed by atoms with Crippen molar-refractivity contribution in [3.05, 3.63) is 45.7 Å².